The summed E-state index contributed by atoms with van der Waals surface area (Å²) in [5.74, 6) is -8.23. The van der Waals surface area contributed by atoms with Crippen molar-refractivity contribution in [3.8, 4) is 0 Å². The molecule has 23 heteroatoms. The van der Waals surface area contributed by atoms with Crippen LogP contribution in [0.3, 0.4) is 0 Å². The number of carbonyl (C=O) groups excluding carboxylic acids is 6. The minimum Gasteiger partial charge on any atom is -0.481 e. The largest absolute Gasteiger partial charge is 0.481 e. The molecule has 3 aromatic rings. The second-order valence-corrected chi connectivity index (χ2v) is 19.6. The Labute approximate surface area is 449 Å². The number of urea groups is 1. The number of unbranched alkanes of at least 4 members (excludes halogenated alkanes) is 6. The molecule has 19 nitrogen and oxygen atoms in total. The van der Waals surface area contributed by atoms with E-state index in [2.05, 4.69) is 35.1 Å². The molecule has 3 fully saturated rings. The summed E-state index contributed by atoms with van der Waals surface area (Å²) < 4.78 is 0. The fraction of sp³-hybridized carbons (Fsp3) is 0.471. The Morgan fingerprint density at radius 2 is 0.838 bits per heavy atom. The molecule has 0 unspecified atom stereocenters. The third kappa shape index (κ3) is 17.5. The summed E-state index contributed by atoms with van der Waals surface area (Å²) in [6.07, 6.45) is 8.38. The summed E-state index contributed by atoms with van der Waals surface area (Å²) in [4.78, 5) is 113. The Hall–Kier alpha value is -6.15. The minimum atomic E-state index is -1.11. The first-order valence-corrected chi connectivity index (χ1v) is 25.9. The van der Waals surface area contributed by atoms with E-state index in [0.29, 0.717) is 46.0 Å². The third-order valence-electron chi connectivity index (χ3n) is 12.5. The van der Waals surface area contributed by atoms with Gasteiger partial charge in [0, 0.05) is 66.1 Å². The highest BCUT2D eigenvalue weighted by Crippen LogP contribution is 2.26. The third-order valence-corrected chi connectivity index (χ3v) is 13.7. The van der Waals surface area contributed by atoms with Gasteiger partial charge in [-0.05, 0) is 86.0 Å². The van der Waals surface area contributed by atoms with E-state index >= 15 is 0 Å². The van der Waals surface area contributed by atoms with Crippen LogP contribution in [0.15, 0.2) is 66.7 Å². The first-order valence-electron chi connectivity index (χ1n) is 24.4. The van der Waals surface area contributed by atoms with Crippen molar-refractivity contribution in [3.63, 3.8) is 0 Å². The number of aliphatic carboxylic acids is 3. The number of likely N-dealkylation sites (tertiary alicyclic amines) is 3. The van der Waals surface area contributed by atoms with Gasteiger partial charge >= 0.3 is 23.9 Å². The average molecular weight is 1110 g/mol. The number of nitrogens with zero attached hydrogens (tertiary/aromatic N) is 3. The molecule has 3 aromatic carbocycles. The first kappa shape index (κ1) is 60.4. The summed E-state index contributed by atoms with van der Waals surface area (Å²) in [5, 5.41) is 39.8. The topological polar surface area (TPSA) is 272 Å². The van der Waals surface area contributed by atoms with Crippen LogP contribution in [0.1, 0.15) is 99.3 Å². The van der Waals surface area contributed by atoms with E-state index in [9.17, 15) is 58.5 Å². The van der Waals surface area contributed by atoms with Gasteiger partial charge in [-0.2, -0.15) is 0 Å². The molecule has 3 heterocycles. The number of anilines is 1. The lowest BCUT2D eigenvalue weighted by molar-refractivity contribution is -0.143. The average Bonchev–Trinajstić information content (AvgIpc) is 3.97. The van der Waals surface area contributed by atoms with Crippen molar-refractivity contribution in [2.75, 3.05) is 44.6 Å². The Kier molecular flexibility index (Phi) is 24.2. The normalized spacial score (nSPS) is 20.0. The van der Waals surface area contributed by atoms with E-state index in [-0.39, 0.29) is 47.9 Å². The van der Waals surface area contributed by atoms with Gasteiger partial charge in [-0.1, -0.05) is 106 Å². The highest BCUT2D eigenvalue weighted by atomic mass is 35.5. The Bertz CT molecular complexity index is 2470. The highest BCUT2D eigenvalue weighted by Gasteiger charge is 2.47. The smallest absolute Gasteiger partial charge is 0.319 e. The summed E-state index contributed by atoms with van der Waals surface area (Å²) in [6.45, 7) is 8.02. The number of rotatable bonds is 21. The van der Waals surface area contributed by atoms with Crippen LogP contribution in [0.25, 0.3) is 0 Å². The number of carbonyl (C=O) groups is 9. The van der Waals surface area contributed by atoms with Gasteiger partial charge in [-0.3, -0.25) is 38.4 Å². The number of benzene rings is 3. The number of carboxylic acid groups (broad SMARTS) is 3. The van der Waals surface area contributed by atoms with Gasteiger partial charge in [0.15, 0.2) is 0 Å². The van der Waals surface area contributed by atoms with Gasteiger partial charge in [0.25, 0.3) is 11.8 Å². The lowest BCUT2D eigenvalue weighted by Crippen LogP contribution is -2.47. The summed E-state index contributed by atoms with van der Waals surface area (Å²) >= 11 is 23.3. The van der Waals surface area contributed by atoms with Crippen LogP contribution in [-0.4, -0.2) is 141 Å². The van der Waals surface area contributed by atoms with Crippen LogP contribution in [-0.2, 0) is 28.8 Å². The maximum Gasteiger partial charge on any atom is 0.319 e. The minimum absolute atomic E-state index is 0.101. The van der Waals surface area contributed by atoms with Crippen molar-refractivity contribution < 1.29 is 58.5 Å². The van der Waals surface area contributed by atoms with E-state index in [1.165, 1.54) is 45.0 Å². The van der Waals surface area contributed by atoms with E-state index in [0.717, 1.165) is 57.8 Å². The molecular formula is C51H63Cl4N7O12. The Morgan fingerprint density at radius 3 is 1.20 bits per heavy atom. The zero-order valence-electron chi connectivity index (χ0n) is 41.3. The molecule has 402 valence electrons. The molecule has 0 bridgehead atoms. The molecule has 7 amide bonds. The molecule has 0 aliphatic carbocycles. The maximum atomic E-state index is 12.5. The molecule has 3 saturated heterocycles. The fourth-order valence-electron chi connectivity index (χ4n) is 8.35. The van der Waals surface area contributed by atoms with Crippen LogP contribution in [0, 0.1) is 17.8 Å². The predicted octanol–water partition coefficient (Wildman–Crippen LogP) is 7.56. The van der Waals surface area contributed by atoms with E-state index in [1.807, 2.05) is 6.92 Å². The van der Waals surface area contributed by atoms with Gasteiger partial charge in [-0.15, -0.1) is 0 Å². The number of halogens is 4. The molecule has 0 radical (unpaired) electrons. The van der Waals surface area contributed by atoms with Crippen molar-refractivity contribution >= 4 is 106 Å². The van der Waals surface area contributed by atoms with Gasteiger partial charge in [0.2, 0.25) is 17.7 Å². The lowest BCUT2D eigenvalue weighted by atomic mass is 10.0. The zero-order valence-corrected chi connectivity index (χ0v) is 44.3. The Balaban J connectivity index is 0.000000240. The van der Waals surface area contributed by atoms with Crippen LogP contribution in [0.2, 0.25) is 20.1 Å². The summed E-state index contributed by atoms with van der Waals surface area (Å²) in [6, 6.07) is 13.2. The molecule has 0 saturated carbocycles. The molecule has 6 atom stereocenters. The van der Waals surface area contributed by atoms with E-state index in [1.54, 1.807) is 36.4 Å². The molecule has 0 spiro atoms. The molecule has 74 heavy (non-hydrogen) atoms. The highest BCUT2D eigenvalue weighted by molar-refractivity contribution is 6.42. The number of carboxylic acids is 3. The number of hydrogen-bond acceptors (Lipinski definition) is 9. The van der Waals surface area contributed by atoms with Gasteiger partial charge in [0.1, 0.15) is 35.9 Å². The SMILES string of the molecule is CCCCCN1C[C@H](C(=O)O)[C@@H](NC(=O)Nc2ccc(Cl)cc2)C1=O.CCCCCN1C[C@H](C(=O)O)[C@@H](NC(=O)c2ccc(Cl)cc2)C1=O.CCCCCN1C[C@H](C(=O)O)[C@H](NC(=O)c2ccc(Cl)c(Cl)c2)C1=O. The first-order chi connectivity index (χ1) is 35.2. The lowest BCUT2D eigenvalue weighted by Gasteiger charge is -2.17. The van der Waals surface area contributed by atoms with Crippen LogP contribution < -0.4 is 21.3 Å². The summed E-state index contributed by atoms with van der Waals surface area (Å²) in [7, 11) is 0. The van der Waals surface area contributed by atoms with Gasteiger partial charge < -0.3 is 51.3 Å². The molecular weight excluding hydrogens is 1040 g/mol. The Morgan fingerprint density at radius 1 is 0.486 bits per heavy atom. The van der Waals surface area contributed by atoms with Gasteiger partial charge in [-0.25, -0.2) is 4.79 Å². The van der Waals surface area contributed by atoms with Crippen molar-refractivity contribution in [1.82, 2.24) is 30.7 Å². The number of hydrogen-bond donors (Lipinski definition) is 7. The quantitative estimate of drug-likeness (QED) is 0.0510. The van der Waals surface area contributed by atoms with Crippen LogP contribution >= 0.6 is 46.4 Å². The molecule has 7 N–H and O–H groups in total. The monoisotopic (exact) mass is 1110 g/mol. The van der Waals surface area contributed by atoms with Crippen molar-refractivity contribution in [3.05, 3.63) is 97.9 Å². The molecule has 0 aromatic heterocycles. The van der Waals surface area contributed by atoms with E-state index < -0.39 is 71.6 Å². The second kappa shape index (κ2) is 29.7. The van der Waals surface area contributed by atoms with E-state index in [4.69, 9.17) is 46.4 Å². The summed E-state index contributed by atoms with van der Waals surface area (Å²) in [5.41, 5.74) is 1.05. The van der Waals surface area contributed by atoms with Crippen molar-refractivity contribution in [2.45, 2.75) is 96.7 Å². The van der Waals surface area contributed by atoms with Crippen LogP contribution in [0.5, 0.6) is 0 Å². The standard InChI is InChI=1S/C17H20Cl2N2O4.C17H22ClN3O4.C17H21ClN2O4/c1-2-3-4-7-21-9-11(17(24)25)14(16(21)23)20-15(22)10-5-6-12(18)13(19)8-10;1-2-3-4-9-21-10-13(16(23)24)14(15(21)22)20-17(25)19-12-7-5-11(18)6-8-12;1-2-3-4-9-20-10-13(17(23)24)14(16(20)22)19-15(21)11-5-7-12(18)8-6-11/h5-6,8,11,14H,2-4,7,9H2,1H3,(H,20,22)(H,24,25);5-8,13-14H,2-4,9-10H2,1H3,(H,23,24)(H2,19,20,25);5-8,13-14H,2-4,9-10H2,1H3,(H,19,21)(H,23,24)/t11-,14-;2*13-,14+/m000/s1. The molecule has 3 aliphatic heterocycles. The van der Waals surface area contributed by atoms with Gasteiger partial charge in [0.05, 0.1) is 10.0 Å². The van der Waals surface area contributed by atoms with Crippen LogP contribution in [0.4, 0.5) is 10.5 Å². The number of amides is 7. The second-order valence-electron chi connectivity index (χ2n) is 17.9. The fourth-order valence-corrected chi connectivity index (χ4v) is 8.90. The predicted molar refractivity (Wildman–Crippen MR) is 280 cm³/mol. The molecule has 6 rings (SSSR count). The maximum absolute atomic E-state index is 12.5. The van der Waals surface area contributed by atoms with Crippen molar-refractivity contribution in [1.29, 1.82) is 0 Å². The molecule has 3 aliphatic rings. The number of nitrogens with one attached hydrogen (secondary N) is 4. The van der Waals surface area contributed by atoms with Crippen molar-refractivity contribution in [2.24, 2.45) is 17.8 Å². The zero-order chi connectivity index (χ0) is 54.6.